The number of rotatable bonds is 3. The van der Waals surface area contributed by atoms with Gasteiger partial charge >= 0.3 is 12.2 Å². The number of hydrogen-bond acceptors (Lipinski definition) is 2. The van der Waals surface area contributed by atoms with Crippen LogP contribution in [0.1, 0.15) is 16.0 Å². The summed E-state index contributed by atoms with van der Waals surface area (Å²) in [5, 5.41) is 3.96. The topological polar surface area (TPSA) is 32.3 Å². The first-order valence-electron chi connectivity index (χ1n) is 6.60. The van der Waals surface area contributed by atoms with Gasteiger partial charge in [0.25, 0.3) is 0 Å². The quantitative estimate of drug-likeness (QED) is 0.779. The zero-order valence-corrected chi connectivity index (χ0v) is 13.9. The van der Waals surface area contributed by atoms with Crippen LogP contribution in [-0.4, -0.2) is 18.0 Å². The van der Waals surface area contributed by atoms with E-state index in [2.05, 4.69) is 5.32 Å². The van der Waals surface area contributed by atoms with Crippen LogP contribution in [-0.2, 0) is 12.7 Å². The van der Waals surface area contributed by atoms with Crippen LogP contribution in [0.2, 0.25) is 5.02 Å². The second-order valence-corrected chi connectivity index (χ2v) is 6.41. The van der Waals surface area contributed by atoms with Crippen molar-refractivity contribution in [3.8, 4) is 0 Å². The normalized spacial score (nSPS) is 11.4. The van der Waals surface area contributed by atoms with Crippen molar-refractivity contribution in [1.82, 2.24) is 4.90 Å². The predicted molar refractivity (Wildman–Crippen MR) is 86.0 cm³/mol. The molecule has 0 aliphatic carbocycles. The van der Waals surface area contributed by atoms with Crippen molar-refractivity contribution in [3.05, 3.63) is 50.7 Å². The van der Waals surface area contributed by atoms with Crippen molar-refractivity contribution in [3.63, 3.8) is 0 Å². The zero-order valence-electron chi connectivity index (χ0n) is 12.4. The van der Waals surface area contributed by atoms with E-state index in [1.54, 1.807) is 7.05 Å². The van der Waals surface area contributed by atoms with Crippen molar-refractivity contribution >= 4 is 34.7 Å². The van der Waals surface area contributed by atoms with Gasteiger partial charge in [0.05, 0.1) is 17.1 Å². The highest BCUT2D eigenvalue weighted by atomic mass is 35.5. The van der Waals surface area contributed by atoms with E-state index in [0.717, 1.165) is 22.6 Å². The molecule has 0 bridgehead atoms. The Balaban J connectivity index is 2.09. The molecule has 1 aromatic carbocycles. The molecule has 1 aromatic heterocycles. The molecule has 2 aromatic rings. The van der Waals surface area contributed by atoms with Crippen LogP contribution in [0.3, 0.4) is 0 Å². The molecule has 2 amide bonds. The average molecular weight is 363 g/mol. The maximum atomic E-state index is 12.8. The van der Waals surface area contributed by atoms with Gasteiger partial charge in [-0.1, -0.05) is 11.6 Å². The summed E-state index contributed by atoms with van der Waals surface area (Å²) in [7, 11) is 1.58. The highest BCUT2D eigenvalue weighted by Crippen LogP contribution is 2.36. The van der Waals surface area contributed by atoms with Crippen molar-refractivity contribution in [2.45, 2.75) is 19.6 Å². The predicted octanol–water partition coefficient (Wildman–Crippen LogP) is 5.39. The number of nitrogens with zero attached hydrogens (tertiary/aromatic N) is 1. The minimum Gasteiger partial charge on any atom is -0.322 e. The molecule has 1 N–H and O–H groups in total. The van der Waals surface area contributed by atoms with Gasteiger partial charge in [0.2, 0.25) is 0 Å². The number of aryl methyl sites for hydroxylation is 1. The number of carbonyl (C=O) groups excluding carboxylic acids is 1. The molecule has 3 nitrogen and oxygen atoms in total. The highest BCUT2D eigenvalue weighted by molar-refractivity contribution is 7.10. The summed E-state index contributed by atoms with van der Waals surface area (Å²) in [6.07, 6.45) is -4.57. The Labute approximate surface area is 140 Å². The summed E-state index contributed by atoms with van der Waals surface area (Å²) in [6.45, 7) is 2.32. The number of benzene rings is 1. The van der Waals surface area contributed by atoms with E-state index in [9.17, 15) is 18.0 Å². The molecular formula is C15H14ClF3N2OS. The Morgan fingerprint density at radius 2 is 2.04 bits per heavy atom. The molecule has 8 heteroatoms. The lowest BCUT2D eigenvalue weighted by atomic mass is 10.2. The molecule has 0 spiro atoms. The SMILES string of the molecule is Cc1ccsc1CN(C)C(=O)Nc1ccc(Cl)c(C(F)(F)F)c1. The Morgan fingerprint density at radius 1 is 1.35 bits per heavy atom. The lowest BCUT2D eigenvalue weighted by Crippen LogP contribution is -2.30. The van der Waals surface area contributed by atoms with Crippen LogP contribution in [0.15, 0.2) is 29.6 Å². The first-order valence-corrected chi connectivity index (χ1v) is 7.86. The van der Waals surface area contributed by atoms with E-state index in [0.29, 0.717) is 6.54 Å². The molecule has 0 saturated carbocycles. The lowest BCUT2D eigenvalue weighted by Gasteiger charge is -2.18. The van der Waals surface area contributed by atoms with Gasteiger partial charge < -0.3 is 10.2 Å². The summed E-state index contributed by atoms with van der Waals surface area (Å²) in [5.41, 5.74) is 0.135. The molecule has 0 aliphatic heterocycles. The standard InChI is InChI=1S/C15H14ClF3N2OS/c1-9-5-6-23-13(9)8-21(2)14(22)20-10-3-4-12(16)11(7-10)15(17,18)19/h3-7H,8H2,1-2H3,(H,20,22). The Morgan fingerprint density at radius 3 is 2.61 bits per heavy atom. The molecule has 124 valence electrons. The first-order chi connectivity index (χ1) is 10.7. The van der Waals surface area contributed by atoms with Crippen molar-refractivity contribution in [1.29, 1.82) is 0 Å². The van der Waals surface area contributed by atoms with E-state index in [-0.39, 0.29) is 5.69 Å². The number of alkyl halides is 3. The lowest BCUT2D eigenvalue weighted by molar-refractivity contribution is -0.137. The van der Waals surface area contributed by atoms with Crippen LogP contribution >= 0.6 is 22.9 Å². The van der Waals surface area contributed by atoms with E-state index >= 15 is 0 Å². The maximum absolute atomic E-state index is 12.8. The summed E-state index contributed by atoms with van der Waals surface area (Å²) >= 11 is 7.07. The van der Waals surface area contributed by atoms with Crippen LogP contribution in [0.4, 0.5) is 23.7 Å². The number of halogens is 4. The van der Waals surface area contributed by atoms with E-state index in [4.69, 9.17) is 11.6 Å². The fraction of sp³-hybridized carbons (Fsp3) is 0.267. The van der Waals surface area contributed by atoms with Gasteiger partial charge in [0.15, 0.2) is 0 Å². The largest absolute Gasteiger partial charge is 0.417 e. The second kappa shape index (κ2) is 6.80. The van der Waals surface area contributed by atoms with Gasteiger partial charge in [-0.25, -0.2) is 4.79 Å². The van der Waals surface area contributed by atoms with E-state index in [1.807, 2.05) is 18.4 Å². The van der Waals surface area contributed by atoms with Crippen LogP contribution in [0, 0.1) is 6.92 Å². The molecule has 0 saturated heterocycles. The molecule has 0 fully saturated rings. The fourth-order valence-electron chi connectivity index (χ4n) is 1.89. The zero-order chi connectivity index (χ0) is 17.2. The van der Waals surface area contributed by atoms with E-state index in [1.165, 1.54) is 22.3 Å². The number of hydrogen-bond donors (Lipinski definition) is 1. The summed E-state index contributed by atoms with van der Waals surface area (Å²) in [6, 6.07) is 4.72. The smallest absolute Gasteiger partial charge is 0.322 e. The van der Waals surface area contributed by atoms with Crippen molar-refractivity contribution in [2.24, 2.45) is 0 Å². The number of amides is 2. The molecular weight excluding hydrogens is 349 g/mol. The number of urea groups is 1. The van der Waals surface area contributed by atoms with Crippen molar-refractivity contribution < 1.29 is 18.0 Å². The number of anilines is 1. The minimum absolute atomic E-state index is 0.0430. The van der Waals surface area contributed by atoms with Crippen molar-refractivity contribution in [2.75, 3.05) is 12.4 Å². The molecule has 23 heavy (non-hydrogen) atoms. The Kier molecular flexibility index (Phi) is 5.21. The van der Waals surface area contributed by atoms with Gasteiger partial charge in [-0.3, -0.25) is 0 Å². The second-order valence-electron chi connectivity index (χ2n) is 5.01. The van der Waals surface area contributed by atoms with Gasteiger partial charge in [0.1, 0.15) is 0 Å². The Hall–Kier alpha value is -1.73. The molecule has 0 radical (unpaired) electrons. The number of nitrogens with one attached hydrogen (secondary N) is 1. The molecule has 0 atom stereocenters. The summed E-state index contributed by atoms with van der Waals surface area (Å²) in [4.78, 5) is 14.5. The summed E-state index contributed by atoms with van der Waals surface area (Å²) < 4.78 is 38.4. The third-order valence-corrected chi connectivity index (χ3v) is 4.56. The third kappa shape index (κ3) is 4.39. The molecule has 1 heterocycles. The van der Waals surface area contributed by atoms with Gasteiger partial charge in [-0.05, 0) is 42.1 Å². The minimum atomic E-state index is -4.57. The highest BCUT2D eigenvalue weighted by Gasteiger charge is 2.33. The third-order valence-electron chi connectivity index (χ3n) is 3.22. The van der Waals surface area contributed by atoms with Gasteiger partial charge in [-0.2, -0.15) is 13.2 Å². The van der Waals surface area contributed by atoms with Crippen LogP contribution in [0.25, 0.3) is 0 Å². The molecule has 0 aliphatic rings. The monoisotopic (exact) mass is 362 g/mol. The Bertz CT molecular complexity index is 715. The fourth-order valence-corrected chi connectivity index (χ4v) is 3.08. The average Bonchev–Trinajstić information content (AvgIpc) is 2.85. The number of carbonyl (C=O) groups is 1. The van der Waals surface area contributed by atoms with Gasteiger partial charge in [-0.15, -0.1) is 11.3 Å². The number of thiophene rings is 1. The van der Waals surface area contributed by atoms with Crippen LogP contribution in [0.5, 0.6) is 0 Å². The van der Waals surface area contributed by atoms with Gasteiger partial charge in [0, 0.05) is 17.6 Å². The molecule has 2 rings (SSSR count). The van der Waals surface area contributed by atoms with Crippen LogP contribution < -0.4 is 5.32 Å². The molecule has 0 unspecified atom stereocenters. The first kappa shape index (κ1) is 17.6. The maximum Gasteiger partial charge on any atom is 0.417 e. The summed E-state index contributed by atoms with van der Waals surface area (Å²) in [5.74, 6) is 0. The van der Waals surface area contributed by atoms with E-state index < -0.39 is 22.8 Å².